The Kier molecular flexibility index (Phi) is 3.93. The fraction of sp³-hybridized carbons (Fsp3) is 0.333. The second kappa shape index (κ2) is 6.15. The van der Waals surface area contributed by atoms with E-state index >= 15 is 0 Å². The Labute approximate surface area is 152 Å². The summed E-state index contributed by atoms with van der Waals surface area (Å²) in [6, 6.07) is 18.8. The lowest BCUT2D eigenvalue weighted by molar-refractivity contribution is -0.182. The van der Waals surface area contributed by atoms with E-state index in [0.29, 0.717) is 17.1 Å². The highest BCUT2D eigenvalue weighted by Crippen LogP contribution is 2.65. The molecule has 2 fully saturated rings. The average molecular weight is 349 g/mol. The number of esters is 1. The molecule has 0 N–H and O–H groups in total. The van der Waals surface area contributed by atoms with Crippen LogP contribution in [0.2, 0.25) is 0 Å². The van der Waals surface area contributed by atoms with Gasteiger partial charge in [0.2, 0.25) is 6.29 Å². The Morgan fingerprint density at radius 1 is 1.12 bits per heavy atom. The number of benzene rings is 2. The molecule has 4 atom stereocenters. The lowest BCUT2D eigenvalue weighted by atomic mass is 10.1. The molecule has 1 aliphatic heterocycles. The zero-order valence-electron chi connectivity index (χ0n) is 14.6. The SMILES string of the molecule is CC1(C)C2C(=O)O[C@@H](O[C@@H](C#N)c3cccc(Oc4ccccc4)c3)C21. The van der Waals surface area contributed by atoms with Crippen LogP contribution in [0.3, 0.4) is 0 Å². The van der Waals surface area contributed by atoms with E-state index in [4.69, 9.17) is 14.2 Å². The summed E-state index contributed by atoms with van der Waals surface area (Å²) in [7, 11) is 0. The minimum atomic E-state index is -0.831. The number of ether oxygens (including phenoxy) is 3. The van der Waals surface area contributed by atoms with Gasteiger partial charge in [-0.05, 0) is 35.2 Å². The average Bonchev–Trinajstić information content (AvgIpc) is 3.03. The number of rotatable bonds is 5. The molecule has 1 saturated carbocycles. The van der Waals surface area contributed by atoms with Crippen molar-refractivity contribution < 1.29 is 19.0 Å². The number of nitrogens with zero attached hydrogens (tertiary/aromatic N) is 1. The maximum absolute atomic E-state index is 11.9. The second-order valence-electron chi connectivity index (χ2n) is 7.26. The maximum Gasteiger partial charge on any atom is 0.312 e. The van der Waals surface area contributed by atoms with Crippen molar-refractivity contribution >= 4 is 5.97 Å². The molecule has 2 aromatic rings. The largest absolute Gasteiger partial charge is 0.457 e. The zero-order valence-corrected chi connectivity index (χ0v) is 14.6. The molecule has 1 aliphatic carbocycles. The van der Waals surface area contributed by atoms with Gasteiger partial charge in [-0.15, -0.1) is 0 Å². The third kappa shape index (κ3) is 2.83. The molecular weight excluding hydrogens is 330 g/mol. The van der Waals surface area contributed by atoms with E-state index in [-0.39, 0.29) is 23.2 Å². The Bertz CT molecular complexity index is 871. The minimum Gasteiger partial charge on any atom is -0.457 e. The van der Waals surface area contributed by atoms with E-state index < -0.39 is 12.4 Å². The number of carbonyl (C=O) groups is 1. The molecule has 0 bridgehead atoms. The first-order valence-corrected chi connectivity index (χ1v) is 8.59. The molecule has 132 valence electrons. The molecule has 26 heavy (non-hydrogen) atoms. The number of nitriles is 1. The predicted molar refractivity (Wildman–Crippen MR) is 93.0 cm³/mol. The topological polar surface area (TPSA) is 68.5 Å². The number of fused-ring (bicyclic) bond motifs is 1. The van der Waals surface area contributed by atoms with Crippen LogP contribution in [0.15, 0.2) is 54.6 Å². The maximum atomic E-state index is 11.9. The highest BCUT2D eigenvalue weighted by molar-refractivity contribution is 5.80. The van der Waals surface area contributed by atoms with Gasteiger partial charge in [0.25, 0.3) is 0 Å². The Morgan fingerprint density at radius 3 is 2.50 bits per heavy atom. The number of para-hydroxylation sites is 1. The highest BCUT2D eigenvalue weighted by atomic mass is 16.7. The van der Waals surface area contributed by atoms with Gasteiger partial charge < -0.3 is 14.2 Å². The monoisotopic (exact) mass is 349 g/mol. The van der Waals surface area contributed by atoms with E-state index in [1.165, 1.54) is 0 Å². The molecule has 5 heteroatoms. The first-order chi connectivity index (χ1) is 12.5. The molecule has 2 unspecified atom stereocenters. The first kappa shape index (κ1) is 16.6. The molecule has 1 heterocycles. The quantitative estimate of drug-likeness (QED) is 0.756. The summed E-state index contributed by atoms with van der Waals surface area (Å²) in [4.78, 5) is 11.9. The molecule has 2 aliphatic rings. The second-order valence-corrected chi connectivity index (χ2v) is 7.26. The number of hydrogen-bond acceptors (Lipinski definition) is 5. The molecule has 0 amide bonds. The minimum absolute atomic E-state index is 0.00889. The van der Waals surface area contributed by atoms with E-state index in [2.05, 4.69) is 6.07 Å². The number of cyclic esters (lactones) is 1. The molecular formula is C21H19NO4. The lowest BCUT2D eigenvalue weighted by Crippen LogP contribution is -2.24. The summed E-state index contributed by atoms with van der Waals surface area (Å²) in [5.41, 5.74) is 0.539. The Hall–Kier alpha value is -2.84. The Balaban J connectivity index is 1.50. The van der Waals surface area contributed by atoms with Crippen LogP contribution in [-0.4, -0.2) is 12.3 Å². The van der Waals surface area contributed by atoms with Crippen molar-refractivity contribution in [2.24, 2.45) is 17.3 Å². The number of carbonyl (C=O) groups excluding carboxylic acids is 1. The van der Waals surface area contributed by atoms with Gasteiger partial charge in [0.1, 0.15) is 11.5 Å². The van der Waals surface area contributed by atoms with Gasteiger partial charge in [0.15, 0.2) is 6.10 Å². The molecule has 1 saturated heterocycles. The van der Waals surface area contributed by atoms with Gasteiger partial charge >= 0.3 is 5.97 Å². The normalized spacial score (nSPS) is 26.3. The molecule has 5 nitrogen and oxygen atoms in total. The summed E-state index contributed by atoms with van der Waals surface area (Å²) in [5, 5.41) is 9.56. The number of hydrogen-bond donors (Lipinski definition) is 0. The van der Waals surface area contributed by atoms with E-state index in [1.54, 1.807) is 12.1 Å². The zero-order chi connectivity index (χ0) is 18.3. The molecule has 0 radical (unpaired) electrons. The fourth-order valence-corrected chi connectivity index (χ4v) is 3.69. The van der Waals surface area contributed by atoms with Gasteiger partial charge in [-0.1, -0.05) is 44.2 Å². The van der Waals surface area contributed by atoms with Gasteiger partial charge in [0.05, 0.1) is 12.0 Å². The molecule has 0 spiro atoms. The van der Waals surface area contributed by atoms with Crippen LogP contribution in [0, 0.1) is 28.6 Å². The van der Waals surface area contributed by atoms with Crippen LogP contribution in [0.25, 0.3) is 0 Å². The van der Waals surface area contributed by atoms with Gasteiger partial charge in [-0.2, -0.15) is 5.26 Å². The van der Waals surface area contributed by atoms with Crippen LogP contribution >= 0.6 is 0 Å². The van der Waals surface area contributed by atoms with Crippen LogP contribution < -0.4 is 4.74 Å². The van der Waals surface area contributed by atoms with Crippen molar-refractivity contribution in [3.8, 4) is 17.6 Å². The van der Waals surface area contributed by atoms with Gasteiger partial charge in [-0.3, -0.25) is 4.79 Å². The standard InChI is InChI=1S/C21H19NO4/c1-21(2)17-18(21)20(26-19(17)23)25-16(12-22)13-7-6-10-15(11-13)24-14-8-4-3-5-9-14/h3-11,16-18,20H,1-2H3/t16-,17?,18?,20+/m0/s1. The van der Waals surface area contributed by atoms with E-state index in [0.717, 1.165) is 0 Å². The van der Waals surface area contributed by atoms with Crippen molar-refractivity contribution in [2.45, 2.75) is 26.2 Å². The van der Waals surface area contributed by atoms with Crippen molar-refractivity contribution in [1.82, 2.24) is 0 Å². The third-order valence-electron chi connectivity index (χ3n) is 5.22. The van der Waals surface area contributed by atoms with Crippen molar-refractivity contribution in [3.05, 3.63) is 60.2 Å². The predicted octanol–water partition coefficient (Wildman–Crippen LogP) is 4.22. The van der Waals surface area contributed by atoms with Crippen LogP contribution in [-0.2, 0) is 14.3 Å². The van der Waals surface area contributed by atoms with E-state index in [9.17, 15) is 10.1 Å². The summed E-state index contributed by atoms with van der Waals surface area (Å²) in [6.07, 6.45) is -1.51. The lowest BCUT2D eigenvalue weighted by Gasteiger charge is -2.21. The van der Waals surface area contributed by atoms with Gasteiger partial charge in [-0.25, -0.2) is 0 Å². The van der Waals surface area contributed by atoms with Crippen LogP contribution in [0.4, 0.5) is 0 Å². The summed E-state index contributed by atoms with van der Waals surface area (Å²) in [6.45, 7) is 4.05. The fourth-order valence-electron chi connectivity index (χ4n) is 3.69. The van der Waals surface area contributed by atoms with Crippen LogP contribution in [0.5, 0.6) is 11.5 Å². The smallest absolute Gasteiger partial charge is 0.312 e. The third-order valence-corrected chi connectivity index (χ3v) is 5.22. The molecule has 2 aromatic carbocycles. The summed E-state index contributed by atoms with van der Waals surface area (Å²) in [5.74, 6) is 0.981. The highest BCUT2D eigenvalue weighted by Gasteiger charge is 2.72. The Morgan fingerprint density at radius 2 is 1.85 bits per heavy atom. The summed E-state index contributed by atoms with van der Waals surface area (Å²) >= 11 is 0. The first-order valence-electron chi connectivity index (χ1n) is 8.59. The van der Waals surface area contributed by atoms with Crippen molar-refractivity contribution in [1.29, 1.82) is 5.26 Å². The molecule has 0 aromatic heterocycles. The van der Waals surface area contributed by atoms with Crippen molar-refractivity contribution in [2.75, 3.05) is 0 Å². The van der Waals surface area contributed by atoms with Crippen molar-refractivity contribution in [3.63, 3.8) is 0 Å². The summed E-state index contributed by atoms with van der Waals surface area (Å²) < 4.78 is 17.0. The van der Waals surface area contributed by atoms with E-state index in [1.807, 2.05) is 56.3 Å². The van der Waals surface area contributed by atoms with Crippen LogP contribution in [0.1, 0.15) is 25.5 Å². The van der Waals surface area contributed by atoms with Gasteiger partial charge in [0, 0.05) is 5.92 Å². The molecule has 4 rings (SSSR count).